The summed E-state index contributed by atoms with van der Waals surface area (Å²) in [5.41, 5.74) is 4.52. The highest BCUT2D eigenvalue weighted by molar-refractivity contribution is 5.83. The molecule has 1 aliphatic rings. The van der Waals surface area contributed by atoms with Crippen molar-refractivity contribution in [2.75, 3.05) is 6.54 Å². The summed E-state index contributed by atoms with van der Waals surface area (Å²) in [5.74, 6) is 0. The number of amides is 2. The lowest BCUT2D eigenvalue weighted by Crippen LogP contribution is -2.41. The molecule has 134 valence electrons. The van der Waals surface area contributed by atoms with Crippen LogP contribution in [0.15, 0.2) is 54.7 Å². The van der Waals surface area contributed by atoms with Gasteiger partial charge in [-0.3, -0.25) is 0 Å². The molecule has 0 fully saturated rings. The number of hydrogen-bond donors (Lipinski definition) is 4. The first kappa shape index (κ1) is 16.7. The number of carbonyl (C=O) groups excluding carboxylic acids is 1. The summed E-state index contributed by atoms with van der Waals surface area (Å²) in [4.78, 5) is 15.5. The number of aliphatic hydroxyl groups excluding tert-OH is 1. The lowest BCUT2D eigenvalue weighted by Gasteiger charge is -2.18. The predicted octanol–water partition coefficient (Wildman–Crippen LogP) is 3.06. The number of rotatable bonds is 5. The van der Waals surface area contributed by atoms with Crippen molar-refractivity contribution in [3.05, 3.63) is 71.4 Å². The zero-order chi connectivity index (χ0) is 17.9. The van der Waals surface area contributed by atoms with E-state index < -0.39 is 6.10 Å². The van der Waals surface area contributed by atoms with E-state index in [0.717, 1.165) is 29.5 Å². The zero-order valence-corrected chi connectivity index (χ0v) is 14.5. The molecule has 0 radical (unpaired) electrons. The van der Waals surface area contributed by atoms with Crippen molar-refractivity contribution in [1.82, 2.24) is 15.6 Å². The van der Waals surface area contributed by atoms with E-state index >= 15 is 0 Å². The molecule has 2 atom stereocenters. The van der Waals surface area contributed by atoms with E-state index in [1.54, 1.807) is 0 Å². The molecule has 2 aromatic carbocycles. The molecule has 1 aliphatic carbocycles. The maximum atomic E-state index is 12.2. The van der Waals surface area contributed by atoms with Crippen molar-refractivity contribution in [2.45, 2.75) is 31.4 Å². The summed E-state index contributed by atoms with van der Waals surface area (Å²) in [7, 11) is 0. The van der Waals surface area contributed by atoms with E-state index in [0.29, 0.717) is 13.0 Å². The molecule has 26 heavy (non-hydrogen) atoms. The molecule has 1 aromatic heterocycles. The van der Waals surface area contributed by atoms with Crippen LogP contribution in [-0.2, 0) is 12.8 Å². The Labute approximate surface area is 152 Å². The van der Waals surface area contributed by atoms with Crippen molar-refractivity contribution in [3.63, 3.8) is 0 Å². The van der Waals surface area contributed by atoms with Gasteiger partial charge in [0.25, 0.3) is 0 Å². The molecule has 5 nitrogen and oxygen atoms in total. The van der Waals surface area contributed by atoms with Crippen LogP contribution in [0.25, 0.3) is 10.9 Å². The SMILES string of the molecule is O=C(NCCCc1c[nH]c2ccccc12)N[C@H]1c2ccccc2C[C@H]1O. The normalized spacial score (nSPS) is 18.7. The van der Waals surface area contributed by atoms with Crippen LogP contribution in [0.2, 0.25) is 0 Å². The summed E-state index contributed by atoms with van der Waals surface area (Å²) in [5, 5.41) is 17.3. The smallest absolute Gasteiger partial charge is 0.315 e. The van der Waals surface area contributed by atoms with Crippen LogP contribution >= 0.6 is 0 Å². The molecule has 0 aliphatic heterocycles. The number of aromatic nitrogens is 1. The molecule has 0 saturated heterocycles. The Morgan fingerprint density at radius 2 is 1.96 bits per heavy atom. The average molecular weight is 349 g/mol. The Balaban J connectivity index is 1.27. The number of aryl methyl sites for hydroxylation is 1. The van der Waals surface area contributed by atoms with Crippen molar-refractivity contribution in [2.24, 2.45) is 0 Å². The highest BCUT2D eigenvalue weighted by atomic mass is 16.3. The van der Waals surface area contributed by atoms with Crippen LogP contribution < -0.4 is 10.6 Å². The standard InChI is InChI=1S/C21H23N3O2/c25-19-12-14-6-1-2-9-17(14)20(19)24-21(26)22-11-5-7-15-13-23-18-10-4-3-8-16(15)18/h1-4,6,8-10,13,19-20,23,25H,5,7,11-12H2,(H2,22,24,26)/t19-,20+/m1/s1. The van der Waals surface area contributed by atoms with E-state index in [1.165, 1.54) is 10.9 Å². The van der Waals surface area contributed by atoms with E-state index in [1.807, 2.05) is 42.6 Å². The van der Waals surface area contributed by atoms with E-state index in [9.17, 15) is 9.90 Å². The van der Waals surface area contributed by atoms with Crippen LogP contribution in [0.4, 0.5) is 4.79 Å². The average Bonchev–Trinajstić information content (AvgIpc) is 3.20. The number of fused-ring (bicyclic) bond motifs is 2. The third-order valence-electron chi connectivity index (χ3n) is 5.07. The Kier molecular flexibility index (Phi) is 4.63. The number of hydrogen-bond acceptors (Lipinski definition) is 2. The number of aromatic amines is 1. The van der Waals surface area contributed by atoms with Crippen molar-refractivity contribution < 1.29 is 9.90 Å². The third-order valence-corrected chi connectivity index (χ3v) is 5.07. The first-order chi connectivity index (χ1) is 12.7. The molecule has 0 spiro atoms. The minimum absolute atomic E-state index is 0.232. The fourth-order valence-corrected chi connectivity index (χ4v) is 3.76. The topological polar surface area (TPSA) is 77.2 Å². The summed E-state index contributed by atoms with van der Waals surface area (Å²) >= 11 is 0. The van der Waals surface area contributed by atoms with Crippen LogP contribution in [0.5, 0.6) is 0 Å². The van der Waals surface area contributed by atoms with Gasteiger partial charge in [0.2, 0.25) is 0 Å². The monoisotopic (exact) mass is 349 g/mol. The van der Waals surface area contributed by atoms with Gasteiger partial charge in [0.05, 0.1) is 12.1 Å². The molecular formula is C21H23N3O2. The van der Waals surface area contributed by atoms with Gasteiger partial charge in [-0.05, 0) is 35.6 Å². The number of benzene rings is 2. The molecule has 4 N–H and O–H groups in total. The number of urea groups is 1. The third kappa shape index (κ3) is 3.30. The number of para-hydroxylation sites is 1. The van der Waals surface area contributed by atoms with Gasteiger partial charge in [-0.15, -0.1) is 0 Å². The summed E-state index contributed by atoms with van der Waals surface area (Å²) in [6, 6.07) is 15.5. The van der Waals surface area contributed by atoms with Gasteiger partial charge in [0, 0.05) is 30.1 Å². The van der Waals surface area contributed by atoms with Crippen molar-refractivity contribution in [3.8, 4) is 0 Å². The van der Waals surface area contributed by atoms with Gasteiger partial charge in [-0.1, -0.05) is 42.5 Å². The maximum absolute atomic E-state index is 12.2. The molecule has 1 heterocycles. The van der Waals surface area contributed by atoms with Gasteiger partial charge in [-0.2, -0.15) is 0 Å². The first-order valence-electron chi connectivity index (χ1n) is 9.07. The Morgan fingerprint density at radius 1 is 1.15 bits per heavy atom. The minimum atomic E-state index is -0.565. The molecule has 2 amide bonds. The number of nitrogens with one attached hydrogen (secondary N) is 3. The Morgan fingerprint density at radius 3 is 2.88 bits per heavy atom. The Bertz CT molecular complexity index is 918. The van der Waals surface area contributed by atoms with Crippen LogP contribution in [0.1, 0.15) is 29.2 Å². The predicted molar refractivity (Wildman–Crippen MR) is 102 cm³/mol. The second-order valence-electron chi connectivity index (χ2n) is 6.81. The molecular weight excluding hydrogens is 326 g/mol. The van der Waals surface area contributed by atoms with E-state index in [2.05, 4.69) is 27.8 Å². The second-order valence-corrected chi connectivity index (χ2v) is 6.81. The van der Waals surface area contributed by atoms with Crippen LogP contribution in [0.3, 0.4) is 0 Å². The zero-order valence-electron chi connectivity index (χ0n) is 14.5. The second kappa shape index (κ2) is 7.22. The molecule has 0 saturated carbocycles. The highest BCUT2D eigenvalue weighted by Gasteiger charge is 2.31. The highest BCUT2D eigenvalue weighted by Crippen LogP contribution is 2.31. The van der Waals surface area contributed by atoms with Crippen LogP contribution in [-0.4, -0.2) is 28.8 Å². The van der Waals surface area contributed by atoms with Gasteiger partial charge < -0.3 is 20.7 Å². The number of carbonyl (C=O) groups is 1. The lowest BCUT2D eigenvalue weighted by molar-refractivity contribution is 0.142. The lowest BCUT2D eigenvalue weighted by atomic mass is 10.1. The summed E-state index contributed by atoms with van der Waals surface area (Å²) < 4.78 is 0. The molecule has 4 rings (SSSR count). The fourth-order valence-electron chi connectivity index (χ4n) is 3.76. The quantitative estimate of drug-likeness (QED) is 0.534. The number of aliphatic hydroxyl groups is 1. The molecule has 5 heteroatoms. The van der Waals surface area contributed by atoms with Gasteiger partial charge >= 0.3 is 6.03 Å². The van der Waals surface area contributed by atoms with E-state index in [-0.39, 0.29) is 12.1 Å². The first-order valence-corrected chi connectivity index (χ1v) is 9.07. The van der Waals surface area contributed by atoms with Crippen LogP contribution in [0, 0.1) is 0 Å². The largest absolute Gasteiger partial charge is 0.390 e. The van der Waals surface area contributed by atoms with Gasteiger partial charge in [-0.25, -0.2) is 4.79 Å². The summed E-state index contributed by atoms with van der Waals surface area (Å²) in [6.45, 7) is 0.593. The van der Waals surface area contributed by atoms with Crippen molar-refractivity contribution in [1.29, 1.82) is 0 Å². The van der Waals surface area contributed by atoms with E-state index in [4.69, 9.17) is 0 Å². The molecule has 3 aromatic rings. The summed E-state index contributed by atoms with van der Waals surface area (Å²) in [6.07, 6.45) is 3.82. The number of H-pyrrole nitrogens is 1. The fraction of sp³-hybridized carbons (Fsp3) is 0.286. The van der Waals surface area contributed by atoms with Gasteiger partial charge in [0.1, 0.15) is 0 Å². The maximum Gasteiger partial charge on any atom is 0.315 e. The molecule has 0 unspecified atom stereocenters. The Hall–Kier alpha value is -2.79. The van der Waals surface area contributed by atoms with Gasteiger partial charge in [0.15, 0.2) is 0 Å². The molecule has 0 bridgehead atoms. The van der Waals surface area contributed by atoms with Crippen molar-refractivity contribution >= 4 is 16.9 Å². The minimum Gasteiger partial charge on any atom is -0.390 e.